The first-order valence-corrected chi connectivity index (χ1v) is 8.64. The van der Waals surface area contributed by atoms with Gasteiger partial charge in [0, 0.05) is 28.7 Å². The smallest absolute Gasteiger partial charge is 0.292 e. The molecule has 0 spiro atoms. The number of ketones is 1. The number of hydrogen-bond acceptors (Lipinski definition) is 5. The molecule has 2 N–H and O–H groups in total. The van der Waals surface area contributed by atoms with Crippen LogP contribution in [0.1, 0.15) is 16.1 Å². The van der Waals surface area contributed by atoms with Crippen LogP contribution in [0.2, 0.25) is 0 Å². The van der Waals surface area contributed by atoms with Crippen LogP contribution in [0.5, 0.6) is 5.75 Å². The van der Waals surface area contributed by atoms with Crippen molar-refractivity contribution in [1.82, 2.24) is 15.5 Å². The van der Waals surface area contributed by atoms with E-state index in [0.717, 1.165) is 11.1 Å². The Morgan fingerprint density at radius 3 is 2.86 bits per heavy atom. The topological polar surface area (TPSA) is 97.2 Å². The van der Waals surface area contributed by atoms with Gasteiger partial charge in [-0.05, 0) is 18.2 Å². The quantitative estimate of drug-likeness (QED) is 0.398. The van der Waals surface area contributed by atoms with Gasteiger partial charge in [0.2, 0.25) is 0 Å². The van der Waals surface area contributed by atoms with E-state index < -0.39 is 11.7 Å². The lowest BCUT2D eigenvalue weighted by molar-refractivity contribution is -0.117. The summed E-state index contributed by atoms with van der Waals surface area (Å²) in [5.74, 6) is -0.0520. The average Bonchev–Trinajstić information content (AvgIpc) is 3.38. The van der Waals surface area contributed by atoms with E-state index in [-0.39, 0.29) is 6.54 Å². The number of nitrogens with zero attached hydrogens (tertiary/aromatic N) is 1. The molecule has 0 radical (unpaired) electrons. The number of nitrogens with one attached hydrogen (secondary N) is 2. The monoisotopic (exact) mass is 375 g/mol. The number of benzene rings is 2. The molecular weight excluding hydrogens is 358 g/mol. The summed E-state index contributed by atoms with van der Waals surface area (Å²) in [6, 6.07) is 16.4. The summed E-state index contributed by atoms with van der Waals surface area (Å²) in [5.41, 5.74) is 2.46. The standard InChI is InChI=1S/C21H17N3O4/c1-27-15-6-4-5-13(9-15)19-10-14(24-28-19)11-23-21(26)20(25)17-12-22-18-8-3-2-7-16(17)18/h2-10,12,22H,11H2,1H3,(H,23,26). The Hall–Kier alpha value is -3.87. The van der Waals surface area contributed by atoms with Crippen LogP contribution in [0.25, 0.3) is 22.2 Å². The number of amides is 1. The number of carbonyl (C=O) groups excluding carboxylic acids is 2. The molecule has 0 atom stereocenters. The van der Waals surface area contributed by atoms with Crippen molar-refractivity contribution in [2.45, 2.75) is 6.54 Å². The van der Waals surface area contributed by atoms with Gasteiger partial charge in [-0.15, -0.1) is 0 Å². The maximum Gasteiger partial charge on any atom is 0.292 e. The van der Waals surface area contributed by atoms with E-state index in [4.69, 9.17) is 9.26 Å². The van der Waals surface area contributed by atoms with Crippen molar-refractivity contribution < 1.29 is 18.8 Å². The lowest BCUT2D eigenvalue weighted by Crippen LogP contribution is -2.30. The van der Waals surface area contributed by atoms with E-state index in [2.05, 4.69) is 15.5 Å². The van der Waals surface area contributed by atoms with E-state index in [9.17, 15) is 9.59 Å². The van der Waals surface area contributed by atoms with Crippen molar-refractivity contribution in [1.29, 1.82) is 0 Å². The van der Waals surface area contributed by atoms with E-state index in [0.29, 0.717) is 28.2 Å². The number of aromatic amines is 1. The molecule has 140 valence electrons. The van der Waals surface area contributed by atoms with Crippen LogP contribution >= 0.6 is 0 Å². The van der Waals surface area contributed by atoms with Gasteiger partial charge >= 0.3 is 0 Å². The van der Waals surface area contributed by atoms with Crippen molar-refractivity contribution >= 4 is 22.6 Å². The van der Waals surface area contributed by atoms with Gasteiger partial charge in [0.1, 0.15) is 11.4 Å². The number of hydrogen-bond donors (Lipinski definition) is 2. The Kier molecular flexibility index (Phi) is 4.63. The van der Waals surface area contributed by atoms with Gasteiger partial charge in [0.25, 0.3) is 11.7 Å². The summed E-state index contributed by atoms with van der Waals surface area (Å²) in [5, 5.41) is 7.25. The minimum atomic E-state index is -0.698. The van der Waals surface area contributed by atoms with Gasteiger partial charge in [-0.2, -0.15) is 0 Å². The number of para-hydroxylation sites is 1. The number of ether oxygens (including phenoxy) is 1. The van der Waals surface area contributed by atoms with Crippen molar-refractivity contribution in [3.63, 3.8) is 0 Å². The van der Waals surface area contributed by atoms with Crippen LogP contribution in [-0.4, -0.2) is 28.9 Å². The molecule has 7 heteroatoms. The fourth-order valence-electron chi connectivity index (χ4n) is 2.94. The van der Waals surface area contributed by atoms with Crippen molar-refractivity contribution in [2.24, 2.45) is 0 Å². The molecule has 2 aromatic carbocycles. The Morgan fingerprint density at radius 2 is 2.00 bits per heavy atom. The SMILES string of the molecule is COc1cccc(-c2cc(CNC(=O)C(=O)c3c[nH]c4ccccc34)no2)c1. The van der Waals surface area contributed by atoms with Crippen LogP contribution in [0.3, 0.4) is 0 Å². The lowest BCUT2D eigenvalue weighted by atomic mass is 10.1. The molecule has 0 saturated carbocycles. The molecule has 0 saturated heterocycles. The Bertz CT molecular complexity index is 1160. The van der Waals surface area contributed by atoms with Crippen molar-refractivity contribution in [2.75, 3.05) is 7.11 Å². The highest BCUT2D eigenvalue weighted by atomic mass is 16.5. The van der Waals surface area contributed by atoms with Crippen LogP contribution in [0, 0.1) is 0 Å². The maximum absolute atomic E-state index is 12.4. The molecule has 0 bridgehead atoms. The Morgan fingerprint density at radius 1 is 1.14 bits per heavy atom. The number of fused-ring (bicyclic) bond motifs is 1. The number of methoxy groups -OCH3 is 1. The molecular formula is C21H17N3O4. The summed E-state index contributed by atoms with van der Waals surface area (Å²) < 4.78 is 10.5. The molecule has 4 aromatic rings. The van der Waals surface area contributed by atoms with Gasteiger partial charge in [-0.1, -0.05) is 35.5 Å². The predicted octanol–water partition coefficient (Wildman–Crippen LogP) is 3.33. The second kappa shape index (κ2) is 7.40. The molecule has 28 heavy (non-hydrogen) atoms. The fraction of sp³-hybridized carbons (Fsp3) is 0.0952. The number of carbonyl (C=O) groups is 2. The highest BCUT2D eigenvalue weighted by Crippen LogP contribution is 2.24. The zero-order valence-electron chi connectivity index (χ0n) is 15.1. The number of rotatable bonds is 6. The van der Waals surface area contributed by atoms with Gasteiger partial charge < -0.3 is 19.6 Å². The van der Waals surface area contributed by atoms with E-state index >= 15 is 0 Å². The molecule has 1 amide bonds. The van der Waals surface area contributed by atoms with Crippen LogP contribution in [0.15, 0.2) is 65.3 Å². The maximum atomic E-state index is 12.4. The normalized spacial score (nSPS) is 10.8. The van der Waals surface area contributed by atoms with Crippen LogP contribution in [-0.2, 0) is 11.3 Å². The van der Waals surface area contributed by atoms with Crippen molar-refractivity contribution in [3.8, 4) is 17.1 Å². The zero-order chi connectivity index (χ0) is 19.5. The molecule has 0 fully saturated rings. The number of Topliss-reactive ketones (excluding diaryl/α,β-unsaturated/α-hetero) is 1. The molecule has 0 unspecified atom stereocenters. The summed E-state index contributed by atoms with van der Waals surface area (Å²) in [4.78, 5) is 27.7. The van der Waals surface area contributed by atoms with Gasteiger partial charge in [0.05, 0.1) is 19.2 Å². The first-order chi connectivity index (χ1) is 13.7. The third-order valence-electron chi connectivity index (χ3n) is 4.38. The zero-order valence-corrected chi connectivity index (χ0v) is 15.1. The fourth-order valence-corrected chi connectivity index (χ4v) is 2.94. The van der Waals surface area contributed by atoms with Gasteiger partial charge in [-0.25, -0.2) is 0 Å². The lowest BCUT2D eigenvalue weighted by Gasteiger charge is -2.01. The van der Waals surface area contributed by atoms with Crippen LogP contribution in [0.4, 0.5) is 0 Å². The summed E-state index contributed by atoms with van der Waals surface area (Å²) in [6.45, 7) is 0.0837. The largest absolute Gasteiger partial charge is 0.497 e. The minimum absolute atomic E-state index is 0.0837. The molecule has 7 nitrogen and oxygen atoms in total. The van der Waals surface area contributed by atoms with E-state index in [1.807, 2.05) is 42.5 Å². The third-order valence-corrected chi connectivity index (χ3v) is 4.38. The average molecular weight is 375 g/mol. The second-order valence-corrected chi connectivity index (χ2v) is 6.17. The Balaban J connectivity index is 1.44. The minimum Gasteiger partial charge on any atom is -0.497 e. The first-order valence-electron chi connectivity index (χ1n) is 8.64. The Labute approximate surface area is 160 Å². The molecule has 4 rings (SSSR count). The van der Waals surface area contributed by atoms with Gasteiger partial charge in [-0.3, -0.25) is 9.59 Å². The summed E-state index contributed by atoms with van der Waals surface area (Å²) >= 11 is 0. The van der Waals surface area contributed by atoms with Gasteiger partial charge in [0.15, 0.2) is 5.76 Å². The molecule has 0 aliphatic heterocycles. The second-order valence-electron chi connectivity index (χ2n) is 6.17. The number of aromatic nitrogens is 2. The third kappa shape index (κ3) is 3.37. The predicted molar refractivity (Wildman–Crippen MR) is 103 cm³/mol. The van der Waals surface area contributed by atoms with E-state index in [1.54, 1.807) is 25.4 Å². The number of H-pyrrole nitrogens is 1. The highest BCUT2D eigenvalue weighted by molar-refractivity contribution is 6.44. The van der Waals surface area contributed by atoms with Crippen LogP contribution < -0.4 is 10.1 Å². The molecule has 2 aromatic heterocycles. The molecule has 2 heterocycles. The summed E-state index contributed by atoms with van der Waals surface area (Å²) in [7, 11) is 1.59. The first kappa shape index (κ1) is 17.5. The summed E-state index contributed by atoms with van der Waals surface area (Å²) in [6.07, 6.45) is 1.55. The van der Waals surface area contributed by atoms with Crippen molar-refractivity contribution in [3.05, 3.63) is 72.1 Å². The van der Waals surface area contributed by atoms with E-state index in [1.165, 1.54) is 0 Å². The highest BCUT2D eigenvalue weighted by Gasteiger charge is 2.20. The molecule has 0 aliphatic rings. The molecule has 0 aliphatic carbocycles.